The van der Waals surface area contributed by atoms with Gasteiger partial charge in [-0.3, -0.25) is 9.59 Å². The Hall–Kier alpha value is -3.28. The molecule has 1 saturated heterocycles. The molecule has 6 heteroatoms. The van der Waals surface area contributed by atoms with Crippen LogP contribution in [0.1, 0.15) is 40.4 Å². The summed E-state index contributed by atoms with van der Waals surface area (Å²) in [6.45, 7) is 2.34. The van der Waals surface area contributed by atoms with Gasteiger partial charge in [-0.25, -0.2) is 8.78 Å². The highest BCUT2D eigenvalue weighted by molar-refractivity contribution is 5.94. The van der Waals surface area contributed by atoms with Crippen LogP contribution in [0.3, 0.4) is 0 Å². The largest absolute Gasteiger partial charge is 0.331 e. The van der Waals surface area contributed by atoms with Gasteiger partial charge in [0.05, 0.1) is 6.04 Å². The second-order valence-electron chi connectivity index (χ2n) is 7.31. The van der Waals surface area contributed by atoms with E-state index in [0.717, 1.165) is 29.3 Å². The Kier molecular flexibility index (Phi) is 5.01. The van der Waals surface area contributed by atoms with Crippen molar-refractivity contribution >= 4 is 5.91 Å². The molecule has 1 fully saturated rings. The van der Waals surface area contributed by atoms with Crippen molar-refractivity contribution in [2.75, 3.05) is 6.54 Å². The van der Waals surface area contributed by atoms with Gasteiger partial charge in [0, 0.05) is 17.8 Å². The highest BCUT2D eigenvalue weighted by Gasteiger charge is 2.33. The first-order valence-corrected chi connectivity index (χ1v) is 9.50. The molecule has 4 rings (SSSR count). The lowest BCUT2D eigenvalue weighted by atomic mass is 10.0. The van der Waals surface area contributed by atoms with E-state index in [2.05, 4.69) is 4.98 Å². The molecule has 1 aromatic heterocycles. The van der Waals surface area contributed by atoms with Gasteiger partial charge >= 0.3 is 0 Å². The molecule has 0 bridgehead atoms. The van der Waals surface area contributed by atoms with Gasteiger partial charge in [0.1, 0.15) is 17.2 Å². The Bertz CT molecular complexity index is 1140. The molecule has 4 nitrogen and oxygen atoms in total. The number of H-pyrrole nitrogens is 1. The Morgan fingerprint density at radius 2 is 1.93 bits per heavy atom. The molecule has 3 aromatic rings. The van der Waals surface area contributed by atoms with Crippen LogP contribution in [0.4, 0.5) is 8.78 Å². The van der Waals surface area contributed by atoms with E-state index in [9.17, 15) is 18.4 Å². The predicted octanol–water partition coefficient (Wildman–Crippen LogP) is 4.61. The number of aryl methyl sites for hydroxylation is 1. The van der Waals surface area contributed by atoms with E-state index in [4.69, 9.17) is 0 Å². The monoisotopic (exact) mass is 394 g/mol. The van der Waals surface area contributed by atoms with Crippen LogP contribution in [0.5, 0.6) is 0 Å². The number of nitrogens with one attached hydrogen (secondary N) is 1. The summed E-state index contributed by atoms with van der Waals surface area (Å²) in [6.07, 6.45) is 1.18. The Morgan fingerprint density at radius 3 is 2.69 bits per heavy atom. The number of pyridine rings is 1. The maximum Gasteiger partial charge on any atom is 0.261 e. The van der Waals surface area contributed by atoms with Crippen molar-refractivity contribution in [1.82, 2.24) is 9.88 Å². The fourth-order valence-corrected chi connectivity index (χ4v) is 3.88. The first kappa shape index (κ1) is 19.1. The Balaban J connectivity index is 1.65. The third-order valence-corrected chi connectivity index (χ3v) is 5.30. The van der Waals surface area contributed by atoms with Crippen LogP contribution in [0.25, 0.3) is 11.3 Å². The number of likely N-dealkylation sites (tertiary alicyclic amines) is 1. The minimum atomic E-state index is -0.589. The van der Waals surface area contributed by atoms with E-state index in [1.54, 1.807) is 6.07 Å². The van der Waals surface area contributed by atoms with Crippen molar-refractivity contribution in [3.63, 3.8) is 0 Å². The lowest BCUT2D eigenvalue weighted by molar-refractivity contribution is 0.0731. The average Bonchev–Trinajstić information content (AvgIpc) is 3.19. The minimum absolute atomic E-state index is 0.00915. The molecule has 0 saturated carbocycles. The van der Waals surface area contributed by atoms with E-state index in [1.807, 2.05) is 31.2 Å². The van der Waals surface area contributed by atoms with Gasteiger partial charge in [0.25, 0.3) is 11.5 Å². The average molecular weight is 394 g/mol. The topological polar surface area (TPSA) is 53.2 Å². The second-order valence-corrected chi connectivity index (χ2v) is 7.31. The fraction of sp³-hybridized carbons (Fsp3) is 0.217. The number of aromatic amines is 1. The smallest absolute Gasteiger partial charge is 0.261 e. The summed E-state index contributed by atoms with van der Waals surface area (Å²) < 4.78 is 27.9. The highest BCUT2D eigenvalue weighted by Crippen LogP contribution is 2.34. The quantitative estimate of drug-likeness (QED) is 0.706. The first-order valence-electron chi connectivity index (χ1n) is 9.50. The van der Waals surface area contributed by atoms with Gasteiger partial charge in [-0.1, -0.05) is 23.8 Å². The molecule has 0 spiro atoms. The summed E-state index contributed by atoms with van der Waals surface area (Å²) in [7, 11) is 0. The molecule has 1 aliphatic heterocycles. The van der Waals surface area contributed by atoms with Crippen LogP contribution in [0.2, 0.25) is 0 Å². The molecular formula is C23H20F2N2O2. The van der Waals surface area contributed by atoms with E-state index in [-0.39, 0.29) is 11.1 Å². The molecule has 29 heavy (non-hydrogen) atoms. The molecule has 148 valence electrons. The normalized spacial score (nSPS) is 16.2. The van der Waals surface area contributed by atoms with Crippen molar-refractivity contribution in [2.24, 2.45) is 0 Å². The van der Waals surface area contributed by atoms with E-state index in [0.29, 0.717) is 25.1 Å². The second kappa shape index (κ2) is 7.62. The molecular weight excluding hydrogens is 374 g/mol. The summed E-state index contributed by atoms with van der Waals surface area (Å²) in [4.78, 5) is 29.9. The van der Waals surface area contributed by atoms with Crippen molar-refractivity contribution in [3.05, 3.63) is 93.3 Å². The zero-order valence-electron chi connectivity index (χ0n) is 15.9. The number of amides is 1. The van der Waals surface area contributed by atoms with Crippen molar-refractivity contribution in [2.45, 2.75) is 25.8 Å². The van der Waals surface area contributed by atoms with Crippen LogP contribution in [-0.4, -0.2) is 22.3 Å². The standard InChI is InChI=1S/C23H20F2N2O2/c1-14-4-2-5-15(12-14)20-10-8-17(22(28)26-20)23(29)27-11-3-6-21(27)18-13-16(24)7-9-19(18)25/h2,4-5,7-10,12-13,21H,3,6,11H2,1H3,(H,26,28). The Morgan fingerprint density at radius 1 is 1.10 bits per heavy atom. The first-order chi connectivity index (χ1) is 13.9. The maximum absolute atomic E-state index is 14.2. The number of halogens is 2. The number of hydrogen-bond donors (Lipinski definition) is 1. The number of rotatable bonds is 3. The highest BCUT2D eigenvalue weighted by atomic mass is 19.1. The third kappa shape index (κ3) is 3.70. The molecule has 0 radical (unpaired) electrons. The van der Waals surface area contributed by atoms with Crippen molar-refractivity contribution in [1.29, 1.82) is 0 Å². The summed E-state index contributed by atoms with van der Waals surface area (Å²) in [5, 5.41) is 0. The molecule has 2 aromatic carbocycles. The molecule has 2 heterocycles. The van der Waals surface area contributed by atoms with Crippen LogP contribution in [0.15, 0.2) is 59.4 Å². The van der Waals surface area contributed by atoms with Crippen LogP contribution in [0, 0.1) is 18.6 Å². The van der Waals surface area contributed by atoms with Crippen molar-refractivity contribution < 1.29 is 13.6 Å². The maximum atomic E-state index is 14.2. The third-order valence-electron chi connectivity index (χ3n) is 5.30. The number of hydrogen-bond acceptors (Lipinski definition) is 2. The lowest BCUT2D eigenvalue weighted by Gasteiger charge is -2.25. The molecule has 1 atom stereocenters. The van der Waals surface area contributed by atoms with Gasteiger partial charge in [-0.2, -0.15) is 0 Å². The number of carbonyl (C=O) groups is 1. The van der Waals surface area contributed by atoms with Crippen LogP contribution >= 0.6 is 0 Å². The zero-order chi connectivity index (χ0) is 20.5. The predicted molar refractivity (Wildman–Crippen MR) is 107 cm³/mol. The van der Waals surface area contributed by atoms with E-state index >= 15 is 0 Å². The van der Waals surface area contributed by atoms with Gasteiger partial charge < -0.3 is 9.88 Å². The summed E-state index contributed by atoms with van der Waals surface area (Å²) >= 11 is 0. The molecule has 1 unspecified atom stereocenters. The number of benzene rings is 2. The summed E-state index contributed by atoms with van der Waals surface area (Å²) in [5.41, 5.74) is 2.15. The molecule has 1 N–H and O–H groups in total. The number of nitrogens with zero attached hydrogens (tertiary/aromatic N) is 1. The van der Waals surface area contributed by atoms with Gasteiger partial charge in [0.2, 0.25) is 0 Å². The molecule has 0 aliphatic carbocycles. The van der Waals surface area contributed by atoms with Gasteiger partial charge in [0.15, 0.2) is 0 Å². The fourth-order valence-electron chi connectivity index (χ4n) is 3.88. The zero-order valence-corrected chi connectivity index (χ0v) is 15.9. The van der Waals surface area contributed by atoms with Crippen LogP contribution in [-0.2, 0) is 0 Å². The number of aromatic nitrogens is 1. The Labute approximate surface area is 166 Å². The minimum Gasteiger partial charge on any atom is -0.331 e. The van der Waals surface area contributed by atoms with E-state index < -0.39 is 29.1 Å². The molecule has 1 aliphatic rings. The summed E-state index contributed by atoms with van der Waals surface area (Å²) in [5.74, 6) is -1.59. The van der Waals surface area contributed by atoms with Gasteiger partial charge in [-0.15, -0.1) is 0 Å². The summed E-state index contributed by atoms with van der Waals surface area (Å²) in [6, 6.07) is 13.5. The van der Waals surface area contributed by atoms with Gasteiger partial charge in [-0.05, 0) is 61.7 Å². The molecule has 1 amide bonds. The SMILES string of the molecule is Cc1cccc(-c2ccc(C(=O)N3CCCC3c3cc(F)ccc3F)c(=O)[nH]2)c1. The van der Waals surface area contributed by atoms with E-state index in [1.165, 1.54) is 11.0 Å². The lowest BCUT2D eigenvalue weighted by Crippen LogP contribution is -2.34. The number of carbonyl (C=O) groups excluding carboxylic acids is 1. The van der Waals surface area contributed by atoms with Crippen LogP contribution < -0.4 is 5.56 Å². The van der Waals surface area contributed by atoms with Crippen molar-refractivity contribution in [3.8, 4) is 11.3 Å².